The van der Waals surface area contributed by atoms with Crippen molar-refractivity contribution in [1.82, 2.24) is 19.8 Å². The third-order valence-corrected chi connectivity index (χ3v) is 6.64. The highest BCUT2D eigenvalue weighted by Crippen LogP contribution is 2.30. The Balaban J connectivity index is 1.56. The van der Waals surface area contributed by atoms with Crippen molar-refractivity contribution in [3.8, 4) is 17.1 Å². The topological polar surface area (TPSA) is 78.5 Å². The molecular weight excluding hydrogens is 452 g/mol. The molecule has 0 atom stereocenters. The van der Waals surface area contributed by atoms with Crippen LogP contribution >= 0.6 is 0 Å². The van der Waals surface area contributed by atoms with Gasteiger partial charge >= 0.3 is 0 Å². The molecule has 0 radical (unpaired) electrons. The van der Waals surface area contributed by atoms with E-state index in [1.807, 2.05) is 49.9 Å². The number of ether oxygens (including phenoxy) is 1. The van der Waals surface area contributed by atoms with Gasteiger partial charge in [0.2, 0.25) is 0 Å². The first-order valence-electron chi connectivity index (χ1n) is 13.0. The average molecular weight is 489 g/mol. The van der Waals surface area contributed by atoms with Crippen molar-refractivity contribution in [2.24, 2.45) is 0 Å². The summed E-state index contributed by atoms with van der Waals surface area (Å²) in [6.45, 7) is 10.4. The number of carbonyl (C=O) groups is 1. The normalized spacial score (nSPS) is 14.1. The zero-order chi connectivity index (χ0) is 25.5. The highest BCUT2D eigenvalue weighted by atomic mass is 16.5. The lowest BCUT2D eigenvalue weighted by Gasteiger charge is -2.35. The lowest BCUT2D eigenvalue weighted by Crippen LogP contribution is -2.48. The average Bonchev–Trinajstić information content (AvgIpc) is 2.92. The Hall–Kier alpha value is -3.45. The molecule has 0 bridgehead atoms. The van der Waals surface area contributed by atoms with Gasteiger partial charge in [-0.2, -0.15) is 0 Å². The molecule has 4 rings (SSSR count). The van der Waals surface area contributed by atoms with Gasteiger partial charge < -0.3 is 14.6 Å². The number of hydrogen-bond acceptors (Lipinski definition) is 5. The molecule has 1 saturated heterocycles. The van der Waals surface area contributed by atoms with Crippen LogP contribution in [0.3, 0.4) is 0 Å². The molecule has 7 nitrogen and oxygen atoms in total. The zero-order valence-electron chi connectivity index (χ0n) is 21.5. The Labute approximate surface area is 213 Å². The van der Waals surface area contributed by atoms with Gasteiger partial charge in [-0.25, -0.2) is 4.98 Å². The van der Waals surface area contributed by atoms with Crippen molar-refractivity contribution in [2.45, 2.75) is 46.6 Å². The number of aryl methyl sites for hydroxylation is 1. The fourth-order valence-corrected chi connectivity index (χ4v) is 4.65. The monoisotopic (exact) mass is 488 g/mol. The Morgan fingerprint density at radius 3 is 2.42 bits per heavy atom. The van der Waals surface area contributed by atoms with Crippen LogP contribution in [0.4, 0.5) is 0 Å². The quantitative estimate of drug-likeness (QED) is 0.486. The van der Waals surface area contributed by atoms with Crippen LogP contribution in [0.1, 0.15) is 54.4 Å². The predicted molar refractivity (Wildman–Crippen MR) is 142 cm³/mol. The van der Waals surface area contributed by atoms with Crippen LogP contribution in [-0.2, 0) is 19.4 Å². The summed E-state index contributed by atoms with van der Waals surface area (Å²) >= 11 is 0. The van der Waals surface area contributed by atoms with E-state index < -0.39 is 0 Å². The van der Waals surface area contributed by atoms with Gasteiger partial charge in [-0.05, 0) is 43.0 Å². The molecule has 0 saturated carbocycles. The van der Waals surface area contributed by atoms with E-state index in [1.165, 1.54) is 5.56 Å². The SMILES string of the molecule is CCCOc1ccc(C(=O)N2CCN(Cc3ccccc3)CC2)cc1-c1nc(CC)c(CC)c(=O)[nH]1. The number of piperazine rings is 1. The van der Waals surface area contributed by atoms with E-state index in [0.29, 0.717) is 60.8 Å². The smallest absolute Gasteiger partial charge is 0.254 e. The minimum Gasteiger partial charge on any atom is -0.493 e. The second-order valence-electron chi connectivity index (χ2n) is 9.16. The van der Waals surface area contributed by atoms with E-state index in [1.54, 1.807) is 0 Å². The van der Waals surface area contributed by atoms with Gasteiger partial charge in [0, 0.05) is 43.9 Å². The minimum absolute atomic E-state index is 0.0131. The number of nitrogens with one attached hydrogen (secondary N) is 1. The molecule has 1 aliphatic heterocycles. The number of rotatable bonds is 9. The first-order chi connectivity index (χ1) is 17.5. The summed E-state index contributed by atoms with van der Waals surface area (Å²) in [5, 5.41) is 0. The van der Waals surface area contributed by atoms with Crippen molar-refractivity contribution in [3.05, 3.63) is 81.3 Å². The van der Waals surface area contributed by atoms with E-state index >= 15 is 0 Å². The summed E-state index contributed by atoms with van der Waals surface area (Å²) in [7, 11) is 0. The van der Waals surface area contributed by atoms with E-state index in [9.17, 15) is 9.59 Å². The minimum atomic E-state index is -0.132. The molecule has 0 spiro atoms. The fraction of sp³-hybridized carbons (Fsp3) is 0.414. The molecule has 36 heavy (non-hydrogen) atoms. The standard InChI is InChI=1S/C29H36N4O3/c1-4-18-36-26-13-12-22(19-24(26)27-30-25(6-3)23(5-2)28(34)31-27)29(35)33-16-14-32(15-17-33)20-21-10-8-7-9-11-21/h7-13,19H,4-6,14-18,20H2,1-3H3,(H,30,31,34). The Bertz CT molecular complexity index is 1230. The number of hydrogen-bond donors (Lipinski definition) is 1. The van der Waals surface area contributed by atoms with Gasteiger partial charge in [-0.1, -0.05) is 51.1 Å². The van der Waals surface area contributed by atoms with Gasteiger partial charge in [0.1, 0.15) is 11.6 Å². The predicted octanol–water partition coefficient (Wildman–Crippen LogP) is 4.31. The summed E-state index contributed by atoms with van der Waals surface area (Å²) in [5.74, 6) is 1.05. The van der Waals surface area contributed by atoms with Crippen LogP contribution in [0, 0.1) is 0 Å². The molecular formula is C29H36N4O3. The highest BCUT2D eigenvalue weighted by molar-refractivity contribution is 5.96. The molecule has 3 aromatic rings. The first-order valence-corrected chi connectivity index (χ1v) is 13.0. The van der Waals surface area contributed by atoms with Crippen LogP contribution in [0.5, 0.6) is 5.75 Å². The van der Waals surface area contributed by atoms with Crippen LogP contribution in [0.25, 0.3) is 11.4 Å². The molecule has 1 amide bonds. The molecule has 0 unspecified atom stereocenters. The lowest BCUT2D eigenvalue weighted by molar-refractivity contribution is 0.0628. The summed E-state index contributed by atoms with van der Waals surface area (Å²) in [5.41, 5.74) is 3.86. The largest absolute Gasteiger partial charge is 0.493 e. The van der Waals surface area contributed by atoms with Crippen LogP contribution in [-0.4, -0.2) is 58.5 Å². The highest BCUT2D eigenvalue weighted by Gasteiger charge is 2.24. The van der Waals surface area contributed by atoms with Crippen LogP contribution < -0.4 is 10.3 Å². The summed E-state index contributed by atoms with van der Waals surface area (Å²) in [4.78, 5) is 38.2. The molecule has 1 aromatic heterocycles. The Morgan fingerprint density at radius 1 is 1.00 bits per heavy atom. The number of benzene rings is 2. The van der Waals surface area contributed by atoms with Crippen LogP contribution in [0.15, 0.2) is 53.3 Å². The molecule has 1 aliphatic rings. The lowest BCUT2D eigenvalue weighted by atomic mass is 10.1. The second-order valence-corrected chi connectivity index (χ2v) is 9.16. The number of carbonyl (C=O) groups excluding carboxylic acids is 1. The van der Waals surface area contributed by atoms with Gasteiger partial charge in [-0.15, -0.1) is 0 Å². The fourth-order valence-electron chi connectivity index (χ4n) is 4.65. The number of aromatic nitrogens is 2. The molecule has 7 heteroatoms. The van der Waals surface area contributed by atoms with Gasteiger partial charge in [0.05, 0.1) is 17.9 Å². The second kappa shape index (κ2) is 12.0. The zero-order valence-corrected chi connectivity index (χ0v) is 21.5. The molecule has 2 heterocycles. The van der Waals surface area contributed by atoms with Crippen molar-refractivity contribution < 1.29 is 9.53 Å². The third kappa shape index (κ3) is 5.85. The molecule has 2 aromatic carbocycles. The number of H-pyrrole nitrogens is 1. The molecule has 190 valence electrons. The summed E-state index contributed by atoms with van der Waals surface area (Å²) < 4.78 is 5.97. The maximum absolute atomic E-state index is 13.4. The van der Waals surface area contributed by atoms with Crippen LogP contribution in [0.2, 0.25) is 0 Å². The van der Waals surface area contributed by atoms with E-state index in [4.69, 9.17) is 9.72 Å². The van der Waals surface area contributed by atoms with Gasteiger partial charge in [0.25, 0.3) is 11.5 Å². The number of nitrogens with zero attached hydrogens (tertiary/aromatic N) is 3. The molecule has 1 N–H and O–H groups in total. The van der Waals surface area contributed by atoms with E-state index in [-0.39, 0.29) is 11.5 Å². The van der Waals surface area contributed by atoms with Gasteiger partial charge in [-0.3, -0.25) is 14.5 Å². The van der Waals surface area contributed by atoms with E-state index in [0.717, 1.165) is 31.7 Å². The summed E-state index contributed by atoms with van der Waals surface area (Å²) in [6.07, 6.45) is 2.14. The van der Waals surface area contributed by atoms with E-state index in [2.05, 4.69) is 34.1 Å². The number of aromatic amines is 1. The maximum Gasteiger partial charge on any atom is 0.254 e. The summed E-state index contributed by atoms with van der Waals surface area (Å²) in [6, 6.07) is 15.9. The molecule has 1 fully saturated rings. The van der Waals surface area contributed by atoms with Crippen molar-refractivity contribution in [3.63, 3.8) is 0 Å². The van der Waals surface area contributed by atoms with Crippen molar-refractivity contribution in [1.29, 1.82) is 0 Å². The van der Waals surface area contributed by atoms with Crippen molar-refractivity contribution in [2.75, 3.05) is 32.8 Å². The number of amides is 1. The van der Waals surface area contributed by atoms with Gasteiger partial charge in [0.15, 0.2) is 0 Å². The third-order valence-electron chi connectivity index (χ3n) is 6.64. The Morgan fingerprint density at radius 2 is 1.75 bits per heavy atom. The maximum atomic E-state index is 13.4. The van der Waals surface area contributed by atoms with Crippen molar-refractivity contribution >= 4 is 5.91 Å². The first kappa shape index (κ1) is 25.6. The molecule has 0 aliphatic carbocycles. The Kier molecular flexibility index (Phi) is 8.54.